The van der Waals surface area contributed by atoms with E-state index in [2.05, 4.69) is 4.98 Å². The minimum absolute atomic E-state index is 0.157. The zero-order valence-electron chi connectivity index (χ0n) is 11.7. The van der Waals surface area contributed by atoms with E-state index in [0.717, 1.165) is 37.0 Å². The largest absolute Gasteiger partial charge is 0.315 e. The lowest BCUT2D eigenvalue weighted by Crippen LogP contribution is -2.33. The van der Waals surface area contributed by atoms with Gasteiger partial charge in [0.2, 0.25) is 0 Å². The van der Waals surface area contributed by atoms with Crippen molar-refractivity contribution >= 4 is 21.4 Å². The molecule has 0 bridgehead atoms. The molecular weight excluding hydrogens is 284 g/mol. The van der Waals surface area contributed by atoms with Gasteiger partial charge in [0, 0.05) is 18.8 Å². The fraction of sp³-hybridized carbons (Fsp3) is 0.750. The van der Waals surface area contributed by atoms with Crippen molar-refractivity contribution in [2.75, 3.05) is 13.1 Å². The van der Waals surface area contributed by atoms with Crippen LogP contribution in [0.15, 0.2) is 9.00 Å². The van der Waals surface area contributed by atoms with Crippen molar-refractivity contribution in [1.29, 1.82) is 0 Å². The molecule has 0 spiro atoms. The second-order valence-corrected chi connectivity index (χ2v) is 7.65. The SMILES string of the molecule is CCCCN(CCCC)S(=O)(=O)c1sc(=O)[nH]c1C. The molecule has 0 amide bonds. The highest BCUT2D eigenvalue weighted by atomic mass is 32.2. The zero-order valence-corrected chi connectivity index (χ0v) is 13.4. The summed E-state index contributed by atoms with van der Waals surface area (Å²) in [6, 6.07) is 0. The molecule has 0 atom stereocenters. The zero-order chi connectivity index (χ0) is 14.5. The van der Waals surface area contributed by atoms with Crippen LogP contribution in [-0.2, 0) is 10.0 Å². The second kappa shape index (κ2) is 7.21. The molecule has 1 aromatic heterocycles. The van der Waals surface area contributed by atoms with Crippen molar-refractivity contribution in [1.82, 2.24) is 9.29 Å². The van der Waals surface area contributed by atoms with Gasteiger partial charge in [-0.3, -0.25) is 4.79 Å². The summed E-state index contributed by atoms with van der Waals surface area (Å²) in [5.41, 5.74) is 0.438. The van der Waals surface area contributed by atoms with Crippen LogP contribution in [0.3, 0.4) is 0 Å². The van der Waals surface area contributed by atoms with E-state index < -0.39 is 10.0 Å². The Morgan fingerprint density at radius 1 is 1.16 bits per heavy atom. The number of thiazole rings is 1. The van der Waals surface area contributed by atoms with E-state index in [4.69, 9.17) is 0 Å². The number of unbranched alkanes of at least 4 members (excludes halogenated alkanes) is 2. The fourth-order valence-electron chi connectivity index (χ4n) is 1.77. The number of hydrogen-bond donors (Lipinski definition) is 1. The van der Waals surface area contributed by atoms with Crippen LogP contribution in [0.4, 0.5) is 0 Å². The Morgan fingerprint density at radius 2 is 1.68 bits per heavy atom. The van der Waals surface area contributed by atoms with Crippen molar-refractivity contribution in [2.24, 2.45) is 0 Å². The Hall–Kier alpha value is -0.660. The second-order valence-electron chi connectivity index (χ2n) is 4.54. The first-order valence-electron chi connectivity index (χ1n) is 6.63. The van der Waals surface area contributed by atoms with Gasteiger partial charge in [0.1, 0.15) is 0 Å². The topological polar surface area (TPSA) is 70.2 Å². The van der Waals surface area contributed by atoms with E-state index in [9.17, 15) is 13.2 Å². The molecular formula is C12H22N2O3S2. The van der Waals surface area contributed by atoms with Gasteiger partial charge in [0.25, 0.3) is 10.0 Å². The monoisotopic (exact) mass is 306 g/mol. The number of sulfonamides is 1. The number of nitrogens with zero attached hydrogens (tertiary/aromatic N) is 1. The molecule has 0 saturated heterocycles. The predicted molar refractivity (Wildman–Crippen MR) is 78.3 cm³/mol. The van der Waals surface area contributed by atoms with Crippen LogP contribution in [0.2, 0.25) is 0 Å². The lowest BCUT2D eigenvalue weighted by molar-refractivity contribution is 0.396. The quantitative estimate of drug-likeness (QED) is 0.801. The summed E-state index contributed by atoms with van der Waals surface area (Å²) in [7, 11) is -3.53. The standard InChI is InChI=1S/C12H22N2O3S2/c1-4-6-8-14(9-7-5-2)19(16,17)11-10(3)13-12(15)18-11/h4-9H2,1-3H3,(H,13,15). The van der Waals surface area contributed by atoms with Crippen molar-refractivity contribution in [3.8, 4) is 0 Å². The van der Waals surface area contributed by atoms with Crippen molar-refractivity contribution < 1.29 is 8.42 Å². The van der Waals surface area contributed by atoms with Crippen LogP contribution in [0.25, 0.3) is 0 Å². The summed E-state index contributed by atoms with van der Waals surface area (Å²) < 4.78 is 26.8. The van der Waals surface area contributed by atoms with Gasteiger partial charge in [-0.15, -0.1) is 0 Å². The molecule has 1 heterocycles. The molecule has 1 N–H and O–H groups in total. The van der Waals surface area contributed by atoms with Crippen molar-refractivity contribution in [2.45, 2.75) is 50.7 Å². The van der Waals surface area contributed by atoms with Gasteiger partial charge in [0.05, 0.1) is 0 Å². The van der Waals surface area contributed by atoms with E-state index in [1.54, 1.807) is 6.92 Å². The molecule has 0 aliphatic carbocycles. The first kappa shape index (κ1) is 16.4. The summed E-state index contributed by atoms with van der Waals surface area (Å²) in [6.07, 6.45) is 3.56. The third-order valence-corrected chi connectivity index (χ3v) is 6.36. The van der Waals surface area contributed by atoms with Crippen LogP contribution in [0.5, 0.6) is 0 Å². The van der Waals surface area contributed by atoms with Crippen LogP contribution < -0.4 is 4.87 Å². The molecule has 1 aromatic rings. The smallest absolute Gasteiger partial charge is 0.305 e. The highest BCUT2D eigenvalue weighted by molar-refractivity contribution is 7.91. The van der Waals surface area contributed by atoms with Crippen LogP contribution >= 0.6 is 11.3 Å². The lowest BCUT2D eigenvalue weighted by Gasteiger charge is -2.21. The molecule has 0 aliphatic heterocycles. The molecule has 1 rings (SSSR count). The Balaban J connectivity index is 3.04. The van der Waals surface area contributed by atoms with E-state index in [1.165, 1.54) is 4.31 Å². The van der Waals surface area contributed by atoms with E-state index in [1.807, 2.05) is 13.8 Å². The molecule has 19 heavy (non-hydrogen) atoms. The summed E-state index contributed by atoms with van der Waals surface area (Å²) in [5.74, 6) is 0. The highest BCUT2D eigenvalue weighted by Gasteiger charge is 2.27. The van der Waals surface area contributed by atoms with Crippen molar-refractivity contribution in [3.05, 3.63) is 15.4 Å². The van der Waals surface area contributed by atoms with Gasteiger partial charge in [-0.1, -0.05) is 38.0 Å². The average molecular weight is 306 g/mol. The molecule has 0 unspecified atom stereocenters. The molecule has 0 fully saturated rings. The number of hydrogen-bond acceptors (Lipinski definition) is 4. The molecule has 0 aromatic carbocycles. The lowest BCUT2D eigenvalue weighted by atomic mass is 10.3. The molecule has 0 aliphatic rings. The molecule has 110 valence electrons. The Kier molecular flexibility index (Phi) is 6.22. The number of H-pyrrole nitrogens is 1. The van der Waals surface area contributed by atoms with Gasteiger partial charge in [-0.05, 0) is 19.8 Å². The van der Waals surface area contributed by atoms with Gasteiger partial charge >= 0.3 is 4.87 Å². The van der Waals surface area contributed by atoms with Crippen molar-refractivity contribution in [3.63, 3.8) is 0 Å². The number of aromatic amines is 1. The summed E-state index contributed by atoms with van der Waals surface area (Å²) in [6.45, 7) is 6.73. The fourth-order valence-corrected chi connectivity index (χ4v) is 4.73. The molecule has 5 nitrogen and oxygen atoms in total. The molecule has 0 saturated carbocycles. The maximum atomic E-state index is 12.6. The van der Waals surface area contributed by atoms with Gasteiger partial charge in [-0.2, -0.15) is 4.31 Å². The maximum absolute atomic E-state index is 12.6. The summed E-state index contributed by atoms with van der Waals surface area (Å²) in [4.78, 5) is 13.5. The average Bonchev–Trinajstić information content (AvgIpc) is 2.69. The van der Waals surface area contributed by atoms with Crippen LogP contribution in [0.1, 0.15) is 45.2 Å². The number of rotatable bonds is 8. The Labute approximate surface area is 118 Å². The number of aromatic nitrogens is 1. The summed E-state index contributed by atoms with van der Waals surface area (Å²) in [5, 5.41) is 0. The van der Waals surface area contributed by atoms with Crippen LogP contribution in [-0.4, -0.2) is 30.8 Å². The van der Waals surface area contributed by atoms with Gasteiger partial charge < -0.3 is 4.98 Å². The minimum Gasteiger partial charge on any atom is -0.315 e. The Bertz CT molecular complexity index is 538. The molecule has 0 radical (unpaired) electrons. The van der Waals surface area contributed by atoms with Gasteiger partial charge in [-0.25, -0.2) is 8.42 Å². The third-order valence-electron chi connectivity index (χ3n) is 2.88. The summed E-state index contributed by atoms with van der Waals surface area (Å²) >= 11 is 0.776. The minimum atomic E-state index is -3.53. The van der Waals surface area contributed by atoms with Gasteiger partial charge in [0.15, 0.2) is 4.21 Å². The normalized spacial score (nSPS) is 12.2. The maximum Gasteiger partial charge on any atom is 0.305 e. The number of nitrogens with one attached hydrogen (secondary N) is 1. The molecule has 7 heteroatoms. The van der Waals surface area contributed by atoms with E-state index >= 15 is 0 Å². The Morgan fingerprint density at radius 3 is 2.05 bits per heavy atom. The van der Waals surface area contributed by atoms with E-state index in [-0.39, 0.29) is 9.08 Å². The first-order chi connectivity index (χ1) is 8.93. The highest BCUT2D eigenvalue weighted by Crippen LogP contribution is 2.22. The van der Waals surface area contributed by atoms with E-state index in [0.29, 0.717) is 18.8 Å². The number of aryl methyl sites for hydroxylation is 1. The first-order valence-corrected chi connectivity index (χ1v) is 8.89. The predicted octanol–water partition coefficient (Wildman–Crippen LogP) is 2.34. The van der Waals surface area contributed by atoms with Crippen LogP contribution in [0, 0.1) is 6.92 Å². The third kappa shape index (κ3) is 4.15.